The van der Waals surface area contributed by atoms with E-state index >= 15 is 0 Å². The molecule has 0 saturated carbocycles. The van der Waals surface area contributed by atoms with Crippen molar-refractivity contribution in [3.05, 3.63) is 63.3 Å². The predicted octanol–water partition coefficient (Wildman–Crippen LogP) is 6.09. The van der Waals surface area contributed by atoms with Crippen LogP contribution in [0.4, 0.5) is 4.79 Å². The van der Waals surface area contributed by atoms with Crippen molar-refractivity contribution < 1.29 is 9.53 Å². The van der Waals surface area contributed by atoms with Gasteiger partial charge in [0.05, 0.1) is 11.1 Å². The van der Waals surface area contributed by atoms with E-state index in [0.29, 0.717) is 5.02 Å². The fraction of sp³-hybridized carbons (Fsp3) is 0.400. The maximum absolute atomic E-state index is 12.2. The van der Waals surface area contributed by atoms with Crippen molar-refractivity contribution in [2.24, 2.45) is 0 Å². The second-order valence-corrected chi connectivity index (χ2v) is 8.47. The lowest BCUT2D eigenvalue weighted by Crippen LogP contribution is -2.35. The molecule has 1 heterocycles. The average Bonchev–Trinajstić information content (AvgIpc) is 2.54. The summed E-state index contributed by atoms with van der Waals surface area (Å²) >= 11 is 9.36. The number of carbonyl (C=O) groups excluding carboxylic acids is 1. The molecule has 1 aromatic heterocycles. The minimum atomic E-state index is -0.529. The third kappa shape index (κ3) is 7.34. The molecule has 0 bridgehead atoms. The number of alkyl carbamates (subject to hydrolysis) is 1. The summed E-state index contributed by atoms with van der Waals surface area (Å²) in [5, 5.41) is 3.62. The van der Waals surface area contributed by atoms with Crippen molar-refractivity contribution in [1.29, 1.82) is 0 Å². The number of hydrogen-bond donors (Lipinski definition) is 1. The molecule has 0 aliphatic heterocycles. The van der Waals surface area contributed by atoms with E-state index < -0.39 is 11.7 Å². The van der Waals surface area contributed by atoms with Gasteiger partial charge in [0.25, 0.3) is 0 Å². The van der Waals surface area contributed by atoms with Gasteiger partial charge in [0.15, 0.2) is 0 Å². The topological polar surface area (TPSA) is 51.2 Å². The van der Waals surface area contributed by atoms with E-state index in [-0.39, 0.29) is 6.04 Å². The maximum Gasteiger partial charge on any atom is 0.408 e. The molecule has 0 aliphatic rings. The highest BCUT2D eigenvalue weighted by molar-refractivity contribution is 9.10. The number of benzene rings is 1. The zero-order valence-corrected chi connectivity index (χ0v) is 17.6. The number of rotatable bonds is 6. The van der Waals surface area contributed by atoms with Crippen molar-refractivity contribution in [3.63, 3.8) is 0 Å². The molecule has 0 aliphatic carbocycles. The quantitative estimate of drug-likeness (QED) is 0.593. The lowest BCUT2D eigenvalue weighted by Gasteiger charge is -2.24. The van der Waals surface area contributed by atoms with E-state index in [1.807, 2.05) is 57.2 Å². The van der Waals surface area contributed by atoms with Crippen LogP contribution in [0, 0.1) is 0 Å². The molecule has 0 fully saturated rings. The van der Waals surface area contributed by atoms with Crippen LogP contribution in [0.2, 0.25) is 5.02 Å². The molecular formula is C20H24BrClN2O2. The fourth-order valence-electron chi connectivity index (χ4n) is 2.54. The van der Waals surface area contributed by atoms with Crippen molar-refractivity contribution in [1.82, 2.24) is 10.3 Å². The summed E-state index contributed by atoms with van der Waals surface area (Å²) in [5.41, 5.74) is 1.49. The molecule has 1 atom stereocenters. The van der Waals surface area contributed by atoms with Crippen LogP contribution in [0.1, 0.15) is 50.9 Å². The highest BCUT2D eigenvalue weighted by atomic mass is 79.9. The Bertz CT molecular complexity index is 729. The standard InChI is InChI=1S/C20H24BrClN2O2/c1-20(2,3)26-19(25)24-18(14-6-4-7-15(21)12-14)9-5-8-17-11-10-16(22)13-23-17/h4,6-7,10-13,18H,5,8-9H2,1-3H3,(H,24,25). The van der Waals surface area contributed by atoms with Crippen LogP contribution in [-0.2, 0) is 11.2 Å². The minimum Gasteiger partial charge on any atom is -0.444 e. The molecule has 1 N–H and O–H groups in total. The largest absolute Gasteiger partial charge is 0.444 e. The Morgan fingerprint density at radius 3 is 2.69 bits per heavy atom. The van der Waals surface area contributed by atoms with Crippen LogP contribution >= 0.6 is 27.5 Å². The van der Waals surface area contributed by atoms with Gasteiger partial charge >= 0.3 is 6.09 Å². The van der Waals surface area contributed by atoms with Gasteiger partial charge in [-0.15, -0.1) is 0 Å². The first-order valence-corrected chi connectivity index (χ1v) is 9.75. The van der Waals surface area contributed by atoms with E-state index in [1.165, 1.54) is 0 Å². The van der Waals surface area contributed by atoms with Gasteiger partial charge in [-0.2, -0.15) is 0 Å². The number of nitrogens with zero attached hydrogens (tertiary/aromatic N) is 1. The van der Waals surface area contributed by atoms with E-state index in [1.54, 1.807) is 6.20 Å². The minimum absolute atomic E-state index is 0.130. The highest BCUT2D eigenvalue weighted by Gasteiger charge is 2.20. The summed E-state index contributed by atoms with van der Waals surface area (Å²) in [6.45, 7) is 5.56. The van der Waals surface area contributed by atoms with Crippen LogP contribution in [0.25, 0.3) is 0 Å². The van der Waals surface area contributed by atoms with Gasteiger partial charge in [-0.05, 0) is 69.9 Å². The number of amides is 1. The van der Waals surface area contributed by atoms with Crippen molar-refractivity contribution in [2.75, 3.05) is 0 Å². The highest BCUT2D eigenvalue weighted by Crippen LogP contribution is 2.23. The van der Waals surface area contributed by atoms with Gasteiger partial charge in [-0.1, -0.05) is 39.7 Å². The third-order valence-corrected chi connectivity index (χ3v) is 4.37. The first-order chi connectivity index (χ1) is 12.2. The first-order valence-electron chi connectivity index (χ1n) is 8.58. The summed E-state index contributed by atoms with van der Waals surface area (Å²) in [6, 6.07) is 11.6. The lowest BCUT2D eigenvalue weighted by atomic mass is 10.0. The molecule has 26 heavy (non-hydrogen) atoms. The van der Waals surface area contributed by atoms with Crippen LogP contribution in [-0.4, -0.2) is 16.7 Å². The number of hydrogen-bond acceptors (Lipinski definition) is 3. The molecule has 0 saturated heterocycles. The van der Waals surface area contributed by atoms with Crippen LogP contribution in [0.15, 0.2) is 47.1 Å². The Balaban J connectivity index is 2.02. The number of pyridine rings is 1. The number of halogens is 2. The lowest BCUT2D eigenvalue weighted by molar-refractivity contribution is 0.0500. The Morgan fingerprint density at radius 1 is 1.31 bits per heavy atom. The van der Waals surface area contributed by atoms with E-state index in [2.05, 4.69) is 26.2 Å². The molecule has 4 nitrogen and oxygen atoms in total. The molecule has 2 rings (SSSR count). The number of carbonyl (C=O) groups is 1. The smallest absolute Gasteiger partial charge is 0.408 e. The number of aromatic nitrogens is 1. The first kappa shape index (κ1) is 20.7. The summed E-state index contributed by atoms with van der Waals surface area (Å²) in [4.78, 5) is 16.5. The Labute approximate surface area is 168 Å². The van der Waals surface area contributed by atoms with Gasteiger partial charge in [0.1, 0.15) is 5.60 Å². The van der Waals surface area contributed by atoms with Crippen LogP contribution in [0.5, 0.6) is 0 Å². The Hall–Kier alpha value is -1.59. The van der Waals surface area contributed by atoms with E-state index in [4.69, 9.17) is 16.3 Å². The predicted molar refractivity (Wildman–Crippen MR) is 108 cm³/mol. The third-order valence-electron chi connectivity index (χ3n) is 3.66. The zero-order valence-electron chi connectivity index (χ0n) is 15.3. The van der Waals surface area contributed by atoms with Crippen molar-refractivity contribution >= 4 is 33.6 Å². The zero-order chi connectivity index (χ0) is 19.2. The number of aryl methyl sites for hydroxylation is 1. The fourth-order valence-corrected chi connectivity index (χ4v) is 3.07. The molecule has 0 spiro atoms. The SMILES string of the molecule is CC(C)(C)OC(=O)NC(CCCc1ccc(Cl)cn1)c1cccc(Br)c1. The van der Waals surface area contributed by atoms with E-state index in [0.717, 1.165) is 35.0 Å². The molecule has 1 amide bonds. The summed E-state index contributed by atoms with van der Waals surface area (Å²) in [5.74, 6) is 0. The molecule has 140 valence electrons. The summed E-state index contributed by atoms with van der Waals surface area (Å²) < 4.78 is 6.39. The molecule has 2 aromatic rings. The molecule has 0 radical (unpaired) electrons. The molecule has 1 aromatic carbocycles. The summed E-state index contributed by atoms with van der Waals surface area (Å²) in [6.07, 6.45) is 3.72. The monoisotopic (exact) mass is 438 g/mol. The van der Waals surface area contributed by atoms with Crippen molar-refractivity contribution in [3.8, 4) is 0 Å². The van der Waals surface area contributed by atoms with Crippen LogP contribution < -0.4 is 5.32 Å². The second-order valence-electron chi connectivity index (χ2n) is 7.11. The molecular weight excluding hydrogens is 416 g/mol. The van der Waals surface area contributed by atoms with Gasteiger partial charge in [0, 0.05) is 16.4 Å². The second kappa shape index (κ2) is 9.38. The average molecular weight is 440 g/mol. The number of ether oxygens (including phenoxy) is 1. The van der Waals surface area contributed by atoms with E-state index in [9.17, 15) is 4.79 Å². The maximum atomic E-state index is 12.2. The summed E-state index contributed by atoms with van der Waals surface area (Å²) in [7, 11) is 0. The van der Waals surface area contributed by atoms with Gasteiger partial charge in [-0.25, -0.2) is 4.79 Å². The van der Waals surface area contributed by atoms with Crippen LogP contribution in [0.3, 0.4) is 0 Å². The molecule has 6 heteroatoms. The number of nitrogens with one attached hydrogen (secondary N) is 1. The Kier molecular flexibility index (Phi) is 7.47. The van der Waals surface area contributed by atoms with Gasteiger partial charge in [-0.3, -0.25) is 4.98 Å². The van der Waals surface area contributed by atoms with Gasteiger partial charge in [0.2, 0.25) is 0 Å². The Morgan fingerprint density at radius 2 is 2.08 bits per heavy atom. The molecule has 1 unspecified atom stereocenters. The van der Waals surface area contributed by atoms with Gasteiger partial charge < -0.3 is 10.1 Å². The van der Waals surface area contributed by atoms with Crippen molar-refractivity contribution in [2.45, 2.75) is 51.7 Å². The normalized spacial score (nSPS) is 12.5.